The molecule has 0 fully saturated rings. The van der Waals surface area contributed by atoms with E-state index in [2.05, 4.69) is 16.4 Å². The summed E-state index contributed by atoms with van der Waals surface area (Å²) in [5.74, 6) is -0.287. The Balaban J connectivity index is 1.26. The van der Waals surface area contributed by atoms with Crippen molar-refractivity contribution in [2.24, 2.45) is 0 Å². The average Bonchev–Trinajstić information content (AvgIpc) is 3.37. The van der Waals surface area contributed by atoms with Gasteiger partial charge < -0.3 is 10.2 Å². The van der Waals surface area contributed by atoms with Gasteiger partial charge in [-0.15, -0.1) is 0 Å². The number of carbonyl (C=O) groups excluding carboxylic acids is 2. The third kappa shape index (κ3) is 3.99. The molecule has 5 aromatic rings. The van der Waals surface area contributed by atoms with Crippen LogP contribution >= 0.6 is 0 Å². The van der Waals surface area contributed by atoms with Crippen molar-refractivity contribution in [1.82, 2.24) is 9.97 Å². The number of hydrogen-bond acceptors (Lipinski definition) is 4. The second-order valence-corrected chi connectivity index (χ2v) is 8.68. The lowest BCUT2D eigenvalue weighted by atomic mass is 10.0. The first-order chi connectivity index (χ1) is 17.7. The van der Waals surface area contributed by atoms with Gasteiger partial charge in [-0.2, -0.15) is 0 Å². The molecule has 174 valence electrons. The third-order valence-corrected chi connectivity index (χ3v) is 6.44. The van der Waals surface area contributed by atoms with Crippen LogP contribution in [0.4, 0.5) is 11.4 Å². The first-order valence-electron chi connectivity index (χ1n) is 11.8. The van der Waals surface area contributed by atoms with Crippen LogP contribution in [0.3, 0.4) is 0 Å². The van der Waals surface area contributed by atoms with Crippen LogP contribution in [0.25, 0.3) is 22.2 Å². The summed E-state index contributed by atoms with van der Waals surface area (Å²) in [6, 6.07) is 28.1. The molecule has 1 aliphatic rings. The maximum atomic E-state index is 13.3. The number of benzene rings is 3. The normalized spacial score (nSPS) is 12.4. The number of rotatable bonds is 4. The average molecular weight is 471 g/mol. The molecule has 2 aromatic heterocycles. The number of amides is 2. The van der Waals surface area contributed by atoms with Crippen molar-refractivity contribution in [3.05, 3.63) is 120 Å². The Hall–Kier alpha value is -4.84. The van der Waals surface area contributed by atoms with Gasteiger partial charge in [0.25, 0.3) is 11.8 Å². The zero-order valence-corrected chi connectivity index (χ0v) is 19.4. The maximum Gasteiger partial charge on any atom is 0.258 e. The highest BCUT2D eigenvalue weighted by Crippen LogP contribution is 2.29. The summed E-state index contributed by atoms with van der Waals surface area (Å²) in [4.78, 5) is 37.2. The lowest BCUT2D eigenvalue weighted by molar-refractivity contribution is 0.0988. The van der Waals surface area contributed by atoms with Crippen LogP contribution in [0.1, 0.15) is 26.3 Å². The van der Waals surface area contributed by atoms with E-state index in [1.165, 1.54) is 5.56 Å². The summed E-state index contributed by atoms with van der Waals surface area (Å²) in [5, 5.41) is 3.74. The van der Waals surface area contributed by atoms with Crippen LogP contribution in [0.5, 0.6) is 0 Å². The fourth-order valence-corrected chi connectivity index (χ4v) is 4.63. The predicted octanol–water partition coefficient (Wildman–Crippen LogP) is 5.75. The first-order valence-corrected chi connectivity index (χ1v) is 11.8. The second kappa shape index (κ2) is 9.07. The van der Waals surface area contributed by atoms with Crippen molar-refractivity contribution in [2.75, 3.05) is 16.8 Å². The predicted molar refractivity (Wildman–Crippen MR) is 141 cm³/mol. The Kier molecular flexibility index (Phi) is 5.46. The number of anilines is 2. The molecule has 3 heterocycles. The van der Waals surface area contributed by atoms with Crippen molar-refractivity contribution in [2.45, 2.75) is 6.42 Å². The van der Waals surface area contributed by atoms with Gasteiger partial charge >= 0.3 is 0 Å². The molecule has 6 nitrogen and oxygen atoms in total. The van der Waals surface area contributed by atoms with Gasteiger partial charge in [-0.25, -0.2) is 4.98 Å². The van der Waals surface area contributed by atoms with Crippen LogP contribution in [0.15, 0.2) is 103 Å². The molecule has 1 aliphatic heterocycles. The standard InChI is InChI=1S/C30H22N4O2/c35-29(25-18-27(22-7-5-16-31-19-22)33-26-9-3-2-8-24(25)26)32-23-13-11-21(12-14-23)30(36)34-17-15-20-6-1-4-10-28(20)34/h1-14,16,18-19H,15,17H2,(H,32,35). The highest BCUT2D eigenvalue weighted by atomic mass is 16.2. The second-order valence-electron chi connectivity index (χ2n) is 8.68. The molecule has 0 spiro atoms. The van der Waals surface area contributed by atoms with Gasteiger partial charge in [0.1, 0.15) is 0 Å². The number of hydrogen-bond donors (Lipinski definition) is 1. The highest BCUT2D eigenvalue weighted by molar-refractivity contribution is 6.13. The summed E-state index contributed by atoms with van der Waals surface area (Å²) < 4.78 is 0. The highest BCUT2D eigenvalue weighted by Gasteiger charge is 2.25. The molecule has 0 unspecified atom stereocenters. The minimum absolute atomic E-state index is 0.0425. The van der Waals surface area contributed by atoms with E-state index >= 15 is 0 Å². The monoisotopic (exact) mass is 470 g/mol. The molecular weight excluding hydrogens is 448 g/mol. The first kappa shape index (κ1) is 21.7. The minimum atomic E-state index is -0.244. The van der Waals surface area contributed by atoms with Crippen molar-refractivity contribution < 1.29 is 9.59 Å². The Morgan fingerprint density at radius 2 is 1.67 bits per heavy atom. The lowest BCUT2D eigenvalue weighted by Gasteiger charge is -2.17. The molecule has 0 atom stereocenters. The topological polar surface area (TPSA) is 75.2 Å². The van der Waals surface area contributed by atoms with Crippen molar-refractivity contribution in [3.8, 4) is 11.3 Å². The van der Waals surface area contributed by atoms with Gasteiger partial charge in [-0.1, -0.05) is 36.4 Å². The number of para-hydroxylation sites is 2. The van der Waals surface area contributed by atoms with Crippen LogP contribution in [0, 0.1) is 0 Å². The molecule has 2 amide bonds. The number of carbonyl (C=O) groups is 2. The molecule has 3 aromatic carbocycles. The van der Waals surface area contributed by atoms with Crippen molar-refractivity contribution >= 4 is 34.1 Å². The smallest absolute Gasteiger partial charge is 0.258 e. The summed E-state index contributed by atoms with van der Waals surface area (Å²) in [5.41, 5.74) is 6.12. The largest absolute Gasteiger partial charge is 0.322 e. The number of aromatic nitrogens is 2. The Morgan fingerprint density at radius 3 is 2.50 bits per heavy atom. The van der Waals surface area contributed by atoms with E-state index in [1.807, 2.05) is 59.5 Å². The molecule has 6 rings (SSSR count). The van der Waals surface area contributed by atoms with E-state index in [4.69, 9.17) is 4.98 Å². The fraction of sp³-hybridized carbons (Fsp3) is 0.0667. The van der Waals surface area contributed by atoms with Gasteiger partial charge in [0, 0.05) is 46.8 Å². The van der Waals surface area contributed by atoms with E-state index < -0.39 is 0 Å². The molecule has 0 bridgehead atoms. The van der Waals surface area contributed by atoms with Gasteiger partial charge in [-0.05, 0) is 66.6 Å². The van der Waals surface area contributed by atoms with Crippen LogP contribution in [0.2, 0.25) is 0 Å². The number of nitrogens with zero attached hydrogens (tertiary/aromatic N) is 3. The SMILES string of the molecule is O=C(Nc1ccc(C(=O)N2CCc3ccccc32)cc1)c1cc(-c2cccnc2)nc2ccccc12. The quantitative estimate of drug-likeness (QED) is 0.363. The van der Waals surface area contributed by atoms with Gasteiger partial charge in [0.05, 0.1) is 16.8 Å². The van der Waals surface area contributed by atoms with E-state index in [0.29, 0.717) is 29.1 Å². The Labute approximate surface area is 208 Å². The van der Waals surface area contributed by atoms with Crippen molar-refractivity contribution in [3.63, 3.8) is 0 Å². The molecule has 0 aliphatic carbocycles. The maximum absolute atomic E-state index is 13.3. The van der Waals surface area contributed by atoms with Crippen LogP contribution < -0.4 is 10.2 Å². The molecular formula is C30H22N4O2. The van der Waals surface area contributed by atoms with E-state index in [1.54, 1.807) is 42.7 Å². The summed E-state index contributed by atoms with van der Waals surface area (Å²) >= 11 is 0. The third-order valence-electron chi connectivity index (χ3n) is 6.44. The lowest BCUT2D eigenvalue weighted by Crippen LogP contribution is -2.28. The minimum Gasteiger partial charge on any atom is -0.322 e. The van der Waals surface area contributed by atoms with Crippen molar-refractivity contribution in [1.29, 1.82) is 0 Å². The van der Waals surface area contributed by atoms with Crippen LogP contribution in [-0.2, 0) is 6.42 Å². The van der Waals surface area contributed by atoms with E-state index in [-0.39, 0.29) is 11.8 Å². The summed E-state index contributed by atoms with van der Waals surface area (Å²) in [6.07, 6.45) is 4.29. The summed E-state index contributed by atoms with van der Waals surface area (Å²) in [7, 11) is 0. The van der Waals surface area contributed by atoms with Gasteiger partial charge in [0.2, 0.25) is 0 Å². The zero-order chi connectivity index (χ0) is 24.5. The Bertz CT molecular complexity index is 1600. The van der Waals surface area contributed by atoms with Gasteiger partial charge in [-0.3, -0.25) is 14.6 Å². The van der Waals surface area contributed by atoms with E-state index in [0.717, 1.165) is 28.6 Å². The van der Waals surface area contributed by atoms with Crippen LogP contribution in [-0.4, -0.2) is 28.3 Å². The summed E-state index contributed by atoms with van der Waals surface area (Å²) in [6.45, 7) is 0.672. The van der Waals surface area contributed by atoms with Gasteiger partial charge in [0.15, 0.2) is 0 Å². The molecule has 36 heavy (non-hydrogen) atoms. The number of pyridine rings is 2. The van der Waals surface area contributed by atoms with E-state index in [9.17, 15) is 9.59 Å². The molecule has 0 saturated heterocycles. The number of fused-ring (bicyclic) bond motifs is 2. The Morgan fingerprint density at radius 1 is 0.861 bits per heavy atom. The fourth-order valence-electron chi connectivity index (χ4n) is 4.63. The molecule has 0 saturated carbocycles. The molecule has 1 N–H and O–H groups in total. The number of nitrogens with one attached hydrogen (secondary N) is 1. The molecule has 0 radical (unpaired) electrons. The molecule has 6 heteroatoms. The zero-order valence-electron chi connectivity index (χ0n) is 19.4.